The molecule has 0 spiro atoms. The number of morpholine rings is 1. The second-order valence-corrected chi connectivity index (χ2v) is 9.12. The van der Waals surface area contributed by atoms with Gasteiger partial charge in [0, 0.05) is 37.3 Å². The molecule has 1 N–H and O–H groups in total. The molecular formula is C24H24FN5O4S. The molecule has 0 bridgehead atoms. The van der Waals surface area contributed by atoms with E-state index in [-0.39, 0.29) is 29.9 Å². The van der Waals surface area contributed by atoms with E-state index >= 15 is 0 Å². The zero-order valence-corrected chi connectivity index (χ0v) is 19.7. The van der Waals surface area contributed by atoms with Gasteiger partial charge in [0.1, 0.15) is 11.6 Å². The maximum absolute atomic E-state index is 13.5. The smallest absolute Gasteiger partial charge is 0.262 e. The van der Waals surface area contributed by atoms with Gasteiger partial charge in [-0.1, -0.05) is 11.8 Å². The summed E-state index contributed by atoms with van der Waals surface area (Å²) in [7, 11) is 0. The number of thioether (sulfide) groups is 1. The Balaban J connectivity index is 1.32. The summed E-state index contributed by atoms with van der Waals surface area (Å²) in [4.78, 5) is 26.8. The Kier molecular flexibility index (Phi) is 7.07. The average Bonchev–Trinajstić information content (AvgIpc) is 3.29. The van der Waals surface area contributed by atoms with Gasteiger partial charge in [-0.3, -0.25) is 14.5 Å². The van der Waals surface area contributed by atoms with Gasteiger partial charge in [-0.25, -0.2) is 4.39 Å². The van der Waals surface area contributed by atoms with E-state index in [2.05, 4.69) is 20.4 Å². The molecule has 2 aromatic carbocycles. The van der Waals surface area contributed by atoms with Gasteiger partial charge in [0.15, 0.2) is 23.4 Å². The zero-order chi connectivity index (χ0) is 24.2. The SMILES string of the molecule is O=C1COc2ccc(C(=O)CSc3nnc(-c4ccc(F)cc4)n3CCN3CCOCC3)cc2N1. The van der Waals surface area contributed by atoms with Gasteiger partial charge in [0.25, 0.3) is 5.91 Å². The highest BCUT2D eigenvalue weighted by molar-refractivity contribution is 7.99. The number of nitrogens with zero attached hydrogens (tertiary/aromatic N) is 4. The Morgan fingerprint density at radius 3 is 2.69 bits per heavy atom. The van der Waals surface area contributed by atoms with Crippen LogP contribution in [0.5, 0.6) is 5.75 Å². The number of benzene rings is 2. The molecule has 182 valence electrons. The number of carbonyl (C=O) groups excluding carboxylic acids is 2. The summed E-state index contributed by atoms with van der Waals surface area (Å²) in [5.41, 5.74) is 1.72. The molecule has 0 atom stereocenters. The predicted molar refractivity (Wildman–Crippen MR) is 128 cm³/mol. The van der Waals surface area contributed by atoms with Gasteiger partial charge in [-0.2, -0.15) is 0 Å². The van der Waals surface area contributed by atoms with E-state index in [0.717, 1.165) is 25.2 Å². The van der Waals surface area contributed by atoms with Gasteiger partial charge in [-0.15, -0.1) is 10.2 Å². The summed E-state index contributed by atoms with van der Waals surface area (Å²) >= 11 is 1.30. The molecule has 1 saturated heterocycles. The second kappa shape index (κ2) is 10.5. The fourth-order valence-corrected chi connectivity index (χ4v) is 4.80. The van der Waals surface area contributed by atoms with Crippen LogP contribution in [-0.2, 0) is 16.1 Å². The zero-order valence-electron chi connectivity index (χ0n) is 18.9. The molecule has 1 aromatic heterocycles. The Morgan fingerprint density at radius 2 is 1.89 bits per heavy atom. The number of anilines is 1. The number of halogens is 1. The fourth-order valence-electron chi connectivity index (χ4n) is 3.95. The van der Waals surface area contributed by atoms with Crippen LogP contribution < -0.4 is 10.1 Å². The first-order valence-corrected chi connectivity index (χ1v) is 12.3. The molecule has 0 saturated carbocycles. The fraction of sp³-hybridized carbons (Fsp3) is 0.333. The summed E-state index contributed by atoms with van der Waals surface area (Å²) in [5, 5.41) is 12.0. The van der Waals surface area contributed by atoms with Crippen molar-refractivity contribution in [3.63, 3.8) is 0 Å². The molecule has 0 radical (unpaired) electrons. The van der Waals surface area contributed by atoms with E-state index < -0.39 is 0 Å². The number of amides is 1. The standard InChI is InChI=1S/C24H24FN5O4S/c25-18-4-1-16(2-5-18)23-27-28-24(30(23)8-7-29-9-11-33-12-10-29)35-15-20(31)17-3-6-21-19(13-17)26-22(32)14-34-21/h1-6,13H,7-12,14-15H2,(H,26,32). The number of rotatable bonds is 8. The molecule has 1 fully saturated rings. The lowest BCUT2D eigenvalue weighted by Gasteiger charge is -2.27. The number of hydrogen-bond acceptors (Lipinski definition) is 8. The van der Waals surface area contributed by atoms with Gasteiger partial charge in [-0.05, 0) is 42.5 Å². The van der Waals surface area contributed by atoms with Crippen LogP contribution in [0, 0.1) is 5.82 Å². The summed E-state index contributed by atoms with van der Waals surface area (Å²) in [5.74, 6) is 0.636. The highest BCUT2D eigenvalue weighted by Gasteiger charge is 2.20. The third-order valence-corrected chi connectivity index (χ3v) is 6.80. The highest BCUT2D eigenvalue weighted by Crippen LogP contribution is 2.30. The summed E-state index contributed by atoms with van der Waals surface area (Å²) in [6.45, 7) is 4.48. The van der Waals surface area contributed by atoms with Gasteiger partial charge in [0.2, 0.25) is 0 Å². The number of nitrogens with one attached hydrogen (secondary N) is 1. The van der Waals surface area contributed by atoms with Gasteiger partial charge >= 0.3 is 0 Å². The van der Waals surface area contributed by atoms with E-state index in [1.54, 1.807) is 30.3 Å². The van der Waals surface area contributed by atoms with Crippen LogP contribution in [0.3, 0.4) is 0 Å². The van der Waals surface area contributed by atoms with Crippen LogP contribution in [0.15, 0.2) is 47.6 Å². The highest BCUT2D eigenvalue weighted by atomic mass is 32.2. The van der Waals surface area contributed by atoms with Crippen LogP contribution in [0.25, 0.3) is 11.4 Å². The van der Waals surface area contributed by atoms with Crippen molar-refractivity contribution < 1.29 is 23.5 Å². The number of aromatic nitrogens is 3. The number of hydrogen-bond donors (Lipinski definition) is 1. The molecule has 2 aliphatic rings. The lowest BCUT2D eigenvalue weighted by molar-refractivity contribution is -0.118. The van der Waals surface area contributed by atoms with Crippen molar-refractivity contribution in [1.82, 2.24) is 19.7 Å². The Hall–Kier alpha value is -3.28. The van der Waals surface area contributed by atoms with Crippen molar-refractivity contribution in [2.75, 3.05) is 50.5 Å². The summed E-state index contributed by atoms with van der Waals surface area (Å²) in [6, 6.07) is 11.1. The topological polar surface area (TPSA) is 98.6 Å². The van der Waals surface area contributed by atoms with Crippen LogP contribution in [0.1, 0.15) is 10.4 Å². The maximum Gasteiger partial charge on any atom is 0.262 e. The third kappa shape index (κ3) is 5.53. The lowest BCUT2D eigenvalue weighted by atomic mass is 10.1. The van der Waals surface area contributed by atoms with Crippen molar-refractivity contribution in [3.05, 3.63) is 53.8 Å². The van der Waals surface area contributed by atoms with Gasteiger partial charge < -0.3 is 19.4 Å². The Bertz CT molecular complexity index is 1230. The third-order valence-electron chi connectivity index (χ3n) is 5.83. The van der Waals surface area contributed by atoms with Crippen LogP contribution >= 0.6 is 11.8 Å². The molecule has 35 heavy (non-hydrogen) atoms. The minimum atomic E-state index is -0.319. The van der Waals surface area contributed by atoms with E-state index in [9.17, 15) is 14.0 Å². The Labute approximate surface area is 205 Å². The molecule has 5 rings (SSSR count). The molecule has 0 aliphatic carbocycles. The molecule has 0 unspecified atom stereocenters. The first-order chi connectivity index (χ1) is 17.1. The normalized spacial score (nSPS) is 15.9. The first-order valence-electron chi connectivity index (χ1n) is 11.3. The van der Waals surface area contributed by atoms with Crippen molar-refractivity contribution in [3.8, 4) is 17.1 Å². The van der Waals surface area contributed by atoms with Crippen molar-refractivity contribution in [2.45, 2.75) is 11.7 Å². The number of ether oxygens (including phenoxy) is 2. The second-order valence-electron chi connectivity index (χ2n) is 8.18. The largest absolute Gasteiger partial charge is 0.482 e. The maximum atomic E-state index is 13.5. The van der Waals surface area contributed by atoms with Crippen LogP contribution in [0.2, 0.25) is 0 Å². The minimum Gasteiger partial charge on any atom is -0.482 e. The molecule has 11 heteroatoms. The van der Waals surface area contributed by atoms with E-state index in [0.29, 0.717) is 47.7 Å². The molecule has 3 aromatic rings. The molecule has 2 aliphatic heterocycles. The van der Waals surface area contributed by atoms with Crippen molar-refractivity contribution >= 4 is 29.1 Å². The quantitative estimate of drug-likeness (QED) is 0.375. The number of ketones is 1. The van der Waals surface area contributed by atoms with Gasteiger partial charge in [0.05, 0.1) is 24.7 Å². The number of fused-ring (bicyclic) bond motifs is 1. The van der Waals surface area contributed by atoms with E-state index in [4.69, 9.17) is 9.47 Å². The number of carbonyl (C=O) groups is 2. The molecule has 3 heterocycles. The van der Waals surface area contributed by atoms with Crippen LogP contribution in [-0.4, -0.2) is 76.6 Å². The number of Topliss-reactive ketones (excluding diaryl/α,β-unsaturated/α-hetero) is 1. The minimum absolute atomic E-state index is 0.0351. The first kappa shape index (κ1) is 23.5. The average molecular weight is 498 g/mol. The lowest BCUT2D eigenvalue weighted by Crippen LogP contribution is -2.38. The van der Waals surface area contributed by atoms with E-state index in [1.807, 2.05) is 4.57 Å². The van der Waals surface area contributed by atoms with Crippen molar-refractivity contribution in [1.29, 1.82) is 0 Å². The molecule has 1 amide bonds. The predicted octanol–water partition coefficient (Wildman–Crippen LogP) is 2.72. The summed E-state index contributed by atoms with van der Waals surface area (Å²) in [6.07, 6.45) is 0. The van der Waals surface area contributed by atoms with E-state index in [1.165, 1.54) is 23.9 Å². The van der Waals surface area contributed by atoms with Crippen molar-refractivity contribution in [2.24, 2.45) is 0 Å². The monoisotopic (exact) mass is 497 g/mol. The summed E-state index contributed by atoms with van der Waals surface area (Å²) < 4.78 is 26.2. The molecular weight excluding hydrogens is 473 g/mol. The van der Waals surface area contributed by atoms with Crippen LogP contribution in [0.4, 0.5) is 10.1 Å². The molecule has 9 nitrogen and oxygen atoms in total. The Morgan fingerprint density at radius 1 is 1.09 bits per heavy atom.